The molecule has 0 bridgehead atoms. The normalized spacial score (nSPS) is 19.1. The number of amides is 3. The van der Waals surface area contributed by atoms with Gasteiger partial charge in [0.1, 0.15) is 11.3 Å². The van der Waals surface area contributed by atoms with Gasteiger partial charge < -0.3 is 10.1 Å². The SMILES string of the molecule is COc1ccccc1C[C@@]1(C)NC(=O)N(CC(=O)c2ccc(Cl)cc2)C1=O. The number of nitrogens with one attached hydrogen (secondary N) is 1. The summed E-state index contributed by atoms with van der Waals surface area (Å²) in [4.78, 5) is 38.6. The molecule has 1 aliphatic heterocycles. The van der Waals surface area contributed by atoms with Gasteiger partial charge in [-0.3, -0.25) is 14.5 Å². The summed E-state index contributed by atoms with van der Waals surface area (Å²) in [5.41, 5.74) is 0.0341. The van der Waals surface area contributed by atoms with Gasteiger partial charge in [0.2, 0.25) is 0 Å². The van der Waals surface area contributed by atoms with E-state index in [9.17, 15) is 14.4 Å². The van der Waals surface area contributed by atoms with Gasteiger partial charge in [-0.1, -0.05) is 29.8 Å². The van der Waals surface area contributed by atoms with Crippen molar-refractivity contribution in [2.75, 3.05) is 13.7 Å². The van der Waals surface area contributed by atoms with Crippen molar-refractivity contribution in [3.8, 4) is 5.75 Å². The van der Waals surface area contributed by atoms with Crippen molar-refractivity contribution >= 4 is 29.3 Å². The highest BCUT2D eigenvalue weighted by Crippen LogP contribution is 2.27. The Morgan fingerprint density at radius 2 is 1.81 bits per heavy atom. The van der Waals surface area contributed by atoms with Crippen LogP contribution in [0, 0.1) is 0 Å². The third-order valence-corrected chi connectivity index (χ3v) is 4.80. The second-order valence-electron chi connectivity index (χ2n) is 6.57. The molecule has 27 heavy (non-hydrogen) atoms. The second-order valence-corrected chi connectivity index (χ2v) is 7.01. The summed E-state index contributed by atoms with van der Waals surface area (Å²) < 4.78 is 5.32. The summed E-state index contributed by atoms with van der Waals surface area (Å²) in [6.45, 7) is 1.32. The van der Waals surface area contributed by atoms with Crippen molar-refractivity contribution in [2.45, 2.75) is 18.9 Å². The maximum atomic E-state index is 12.9. The van der Waals surface area contributed by atoms with E-state index in [1.807, 2.05) is 18.2 Å². The molecule has 0 saturated carbocycles. The van der Waals surface area contributed by atoms with Gasteiger partial charge in [0, 0.05) is 17.0 Å². The molecule has 6 nitrogen and oxygen atoms in total. The number of para-hydroxylation sites is 1. The molecule has 2 aromatic carbocycles. The molecule has 3 rings (SSSR count). The number of carbonyl (C=O) groups is 3. The van der Waals surface area contributed by atoms with Crippen molar-refractivity contribution in [1.82, 2.24) is 10.2 Å². The fraction of sp³-hybridized carbons (Fsp3) is 0.250. The maximum Gasteiger partial charge on any atom is 0.325 e. The molecule has 0 radical (unpaired) electrons. The second kappa shape index (κ2) is 7.40. The third-order valence-electron chi connectivity index (χ3n) is 4.55. The monoisotopic (exact) mass is 386 g/mol. The molecule has 1 heterocycles. The smallest absolute Gasteiger partial charge is 0.325 e. The van der Waals surface area contributed by atoms with E-state index in [0.717, 1.165) is 10.5 Å². The van der Waals surface area contributed by atoms with Crippen LogP contribution in [0.2, 0.25) is 5.02 Å². The molecule has 0 spiro atoms. The molecule has 140 valence electrons. The molecule has 1 saturated heterocycles. The highest BCUT2D eigenvalue weighted by Gasteiger charge is 2.48. The number of rotatable bonds is 6. The van der Waals surface area contributed by atoms with Crippen LogP contribution in [-0.4, -0.2) is 41.8 Å². The van der Waals surface area contributed by atoms with Gasteiger partial charge in [-0.15, -0.1) is 0 Å². The first kappa shape index (κ1) is 18.9. The number of Topliss-reactive ketones (excluding diaryl/α,β-unsaturated/α-hetero) is 1. The summed E-state index contributed by atoms with van der Waals surface area (Å²) in [6.07, 6.45) is 0.257. The number of ketones is 1. The Bertz CT molecular complexity index is 897. The number of imide groups is 1. The number of urea groups is 1. The van der Waals surface area contributed by atoms with E-state index in [0.29, 0.717) is 16.3 Å². The van der Waals surface area contributed by atoms with Crippen LogP contribution >= 0.6 is 11.6 Å². The number of halogens is 1. The van der Waals surface area contributed by atoms with Crippen LogP contribution in [0.3, 0.4) is 0 Å². The highest BCUT2D eigenvalue weighted by atomic mass is 35.5. The van der Waals surface area contributed by atoms with Crippen molar-refractivity contribution in [2.24, 2.45) is 0 Å². The topological polar surface area (TPSA) is 75.7 Å². The van der Waals surface area contributed by atoms with Gasteiger partial charge in [0.05, 0.1) is 13.7 Å². The average Bonchev–Trinajstić information content (AvgIpc) is 2.85. The van der Waals surface area contributed by atoms with Crippen molar-refractivity contribution < 1.29 is 19.1 Å². The fourth-order valence-electron chi connectivity index (χ4n) is 3.11. The van der Waals surface area contributed by atoms with Gasteiger partial charge in [0.25, 0.3) is 5.91 Å². The lowest BCUT2D eigenvalue weighted by Gasteiger charge is -2.22. The highest BCUT2D eigenvalue weighted by molar-refractivity contribution is 6.30. The first-order valence-corrected chi connectivity index (χ1v) is 8.76. The standard InChI is InChI=1S/C20H19ClN2O4/c1-20(11-14-5-3-4-6-17(14)27-2)18(25)23(19(26)22-20)12-16(24)13-7-9-15(21)10-8-13/h3-10H,11-12H2,1-2H3,(H,22,26)/t20-/m1/s1. The van der Waals surface area contributed by atoms with Crippen LogP contribution in [0.4, 0.5) is 4.79 Å². The van der Waals surface area contributed by atoms with E-state index in [1.54, 1.807) is 44.4 Å². The minimum absolute atomic E-state index is 0.257. The van der Waals surface area contributed by atoms with E-state index in [1.165, 1.54) is 0 Å². The summed E-state index contributed by atoms with van der Waals surface area (Å²) in [7, 11) is 1.55. The maximum absolute atomic E-state index is 12.9. The van der Waals surface area contributed by atoms with E-state index in [-0.39, 0.29) is 18.7 Å². The predicted molar refractivity (Wildman–Crippen MR) is 101 cm³/mol. The van der Waals surface area contributed by atoms with Gasteiger partial charge in [-0.2, -0.15) is 0 Å². The predicted octanol–water partition coefficient (Wildman–Crippen LogP) is 3.08. The summed E-state index contributed by atoms with van der Waals surface area (Å²) in [5, 5.41) is 3.21. The van der Waals surface area contributed by atoms with Gasteiger partial charge in [-0.25, -0.2) is 4.79 Å². The summed E-state index contributed by atoms with van der Waals surface area (Å²) >= 11 is 5.82. The Morgan fingerprint density at radius 1 is 1.15 bits per heavy atom. The molecule has 0 aromatic heterocycles. The quantitative estimate of drug-likeness (QED) is 0.611. The zero-order valence-electron chi connectivity index (χ0n) is 15.0. The zero-order chi connectivity index (χ0) is 19.6. The van der Waals surface area contributed by atoms with Crippen molar-refractivity contribution in [3.63, 3.8) is 0 Å². The molecule has 3 amide bonds. The van der Waals surface area contributed by atoms with E-state index in [4.69, 9.17) is 16.3 Å². The van der Waals surface area contributed by atoms with Gasteiger partial charge in [0.15, 0.2) is 5.78 Å². The Balaban J connectivity index is 1.77. The number of carbonyl (C=O) groups excluding carboxylic acids is 3. The number of hydrogen-bond acceptors (Lipinski definition) is 4. The number of ether oxygens (including phenoxy) is 1. The van der Waals surface area contributed by atoms with Crippen molar-refractivity contribution in [1.29, 1.82) is 0 Å². The number of benzene rings is 2. The molecule has 1 N–H and O–H groups in total. The number of methoxy groups -OCH3 is 1. The minimum atomic E-state index is -1.15. The lowest BCUT2D eigenvalue weighted by atomic mass is 9.92. The zero-order valence-corrected chi connectivity index (χ0v) is 15.7. The van der Waals surface area contributed by atoms with Crippen LogP contribution < -0.4 is 10.1 Å². The van der Waals surface area contributed by atoms with Gasteiger partial charge >= 0.3 is 6.03 Å². The van der Waals surface area contributed by atoms with Crippen molar-refractivity contribution in [3.05, 3.63) is 64.7 Å². The van der Waals surface area contributed by atoms with E-state index >= 15 is 0 Å². The number of nitrogens with zero attached hydrogens (tertiary/aromatic N) is 1. The average molecular weight is 387 g/mol. The van der Waals surface area contributed by atoms with Crippen LogP contribution in [-0.2, 0) is 11.2 Å². The molecule has 1 aliphatic rings. The van der Waals surface area contributed by atoms with Crippen LogP contribution in [0.25, 0.3) is 0 Å². The minimum Gasteiger partial charge on any atom is -0.496 e. The molecule has 0 unspecified atom stereocenters. The van der Waals surface area contributed by atoms with E-state index in [2.05, 4.69) is 5.32 Å². The molecule has 2 aromatic rings. The van der Waals surface area contributed by atoms with Gasteiger partial charge in [-0.05, 0) is 42.8 Å². The Labute approximate surface area is 162 Å². The van der Waals surface area contributed by atoms with Crippen LogP contribution in [0.1, 0.15) is 22.8 Å². The molecule has 0 aliphatic carbocycles. The first-order valence-electron chi connectivity index (χ1n) is 8.39. The summed E-state index contributed by atoms with van der Waals surface area (Å²) in [5.74, 6) is -0.145. The van der Waals surface area contributed by atoms with E-state index < -0.39 is 17.5 Å². The fourth-order valence-corrected chi connectivity index (χ4v) is 3.24. The molecular weight excluding hydrogens is 368 g/mol. The molecule has 1 atom stereocenters. The molecular formula is C20H19ClN2O4. The molecule has 1 fully saturated rings. The third kappa shape index (κ3) is 3.80. The Morgan fingerprint density at radius 3 is 2.48 bits per heavy atom. The summed E-state index contributed by atoms with van der Waals surface area (Å²) in [6, 6.07) is 13.0. The van der Waals surface area contributed by atoms with Crippen LogP contribution in [0.5, 0.6) is 5.75 Å². The largest absolute Gasteiger partial charge is 0.496 e. The van der Waals surface area contributed by atoms with Crippen LogP contribution in [0.15, 0.2) is 48.5 Å². The lowest BCUT2D eigenvalue weighted by Crippen LogP contribution is -2.46. The molecule has 7 heteroatoms. The first-order chi connectivity index (χ1) is 12.8. The lowest BCUT2D eigenvalue weighted by molar-refractivity contribution is -0.130. The Kier molecular flexibility index (Phi) is 5.19. The Hall–Kier alpha value is -2.86. The number of hydrogen-bond donors (Lipinski definition) is 1.